The van der Waals surface area contributed by atoms with Crippen LogP contribution >= 0.6 is 11.8 Å². The van der Waals surface area contributed by atoms with Gasteiger partial charge in [0.1, 0.15) is 0 Å². The SMILES string of the molecule is CSc1ccc(-c2cc(-c3ccc(-n4cc(CCCN5CCCC5)nn4)cc3)nc(-c3ccc(-n4cc(CCCN5CCCC5)nn4)cc3)c2)cc1. The van der Waals surface area contributed by atoms with Crippen LogP contribution in [0.2, 0.25) is 0 Å². The molecule has 0 bridgehead atoms. The molecule has 0 amide bonds. The van der Waals surface area contributed by atoms with E-state index in [1.54, 1.807) is 11.8 Å². The number of likely N-dealkylation sites (tertiary alicyclic amines) is 2. The third-order valence-electron chi connectivity index (χ3n) is 10.4. The third-order valence-corrected chi connectivity index (χ3v) is 11.1. The van der Waals surface area contributed by atoms with Crippen molar-refractivity contribution in [2.24, 2.45) is 0 Å². The molecule has 2 aliphatic heterocycles. The zero-order valence-electron chi connectivity index (χ0n) is 30.1. The normalized spacial score (nSPS) is 15.2. The molecular formula is C42H47N9S. The first-order valence-electron chi connectivity index (χ1n) is 18.8. The first-order valence-corrected chi connectivity index (χ1v) is 20.0. The van der Waals surface area contributed by atoms with E-state index < -0.39 is 0 Å². The molecule has 10 heteroatoms. The zero-order chi connectivity index (χ0) is 35.1. The van der Waals surface area contributed by atoms with Crippen LogP contribution in [0.5, 0.6) is 0 Å². The van der Waals surface area contributed by atoms with Crippen LogP contribution in [0.25, 0.3) is 45.0 Å². The highest BCUT2D eigenvalue weighted by molar-refractivity contribution is 7.98. The Hall–Kier alpha value is -4.64. The first kappa shape index (κ1) is 34.4. The Balaban J connectivity index is 1.00. The molecule has 0 N–H and O–H groups in total. The van der Waals surface area contributed by atoms with Gasteiger partial charge in [-0.1, -0.05) is 46.8 Å². The highest BCUT2D eigenvalue weighted by Gasteiger charge is 2.14. The van der Waals surface area contributed by atoms with E-state index in [4.69, 9.17) is 4.98 Å². The molecule has 2 aliphatic rings. The summed E-state index contributed by atoms with van der Waals surface area (Å²) in [7, 11) is 0. The molecule has 0 radical (unpaired) electrons. The predicted octanol–water partition coefficient (Wildman–Crippen LogP) is 8.02. The minimum Gasteiger partial charge on any atom is -0.303 e. The van der Waals surface area contributed by atoms with Crippen molar-refractivity contribution in [1.29, 1.82) is 0 Å². The van der Waals surface area contributed by atoms with Crippen LogP contribution < -0.4 is 0 Å². The van der Waals surface area contributed by atoms with Gasteiger partial charge in [0.15, 0.2) is 0 Å². The van der Waals surface area contributed by atoms with Gasteiger partial charge < -0.3 is 9.80 Å². The van der Waals surface area contributed by atoms with Crippen LogP contribution in [0.4, 0.5) is 0 Å². The van der Waals surface area contributed by atoms with E-state index in [0.29, 0.717) is 0 Å². The second-order valence-electron chi connectivity index (χ2n) is 14.1. The van der Waals surface area contributed by atoms with Crippen LogP contribution in [-0.2, 0) is 12.8 Å². The molecule has 2 saturated heterocycles. The minimum absolute atomic E-state index is 0.924. The Morgan fingerprint density at radius 1 is 0.538 bits per heavy atom. The molecule has 2 fully saturated rings. The summed E-state index contributed by atoms with van der Waals surface area (Å²) in [6.45, 7) is 7.22. The van der Waals surface area contributed by atoms with Gasteiger partial charge in [0.05, 0.1) is 46.5 Å². The number of nitrogens with zero attached hydrogens (tertiary/aromatic N) is 9. The molecule has 5 heterocycles. The lowest BCUT2D eigenvalue weighted by Gasteiger charge is -2.13. The summed E-state index contributed by atoms with van der Waals surface area (Å²) in [6.07, 6.45) is 15.7. The minimum atomic E-state index is 0.924. The van der Waals surface area contributed by atoms with E-state index in [1.807, 2.05) is 9.36 Å². The number of rotatable bonds is 14. The molecule has 266 valence electrons. The first-order chi connectivity index (χ1) is 25.7. The Kier molecular flexibility index (Phi) is 10.8. The van der Waals surface area contributed by atoms with Gasteiger partial charge in [-0.2, -0.15) is 0 Å². The molecule has 6 aromatic rings. The van der Waals surface area contributed by atoms with Gasteiger partial charge in [-0.05, 0) is 157 Å². The van der Waals surface area contributed by atoms with Crippen LogP contribution in [0.15, 0.2) is 102 Å². The van der Waals surface area contributed by atoms with Gasteiger partial charge in [-0.15, -0.1) is 22.0 Å². The second-order valence-corrected chi connectivity index (χ2v) is 14.9. The zero-order valence-corrected chi connectivity index (χ0v) is 30.9. The molecule has 3 aromatic carbocycles. The van der Waals surface area contributed by atoms with Crippen molar-refractivity contribution in [1.82, 2.24) is 44.8 Å². The fourth-order valence-corrected chi connectivity index (χ4v) is 7.81. The number of benzene rings is 3. The van der Waals surface area contributed by atoms with Crippen molar-refractivity contribution in [3.05, 3.63) is 109 Å². The largest absolute Gasteiger partial charge is 0.303 e. The number of aryl methyl sites for hydroxylation is 2. The number of thioether (sulfide) groups is 1. The van der Waals surface area contributed by atoms with E-state index in [1.165, 1.54) is 56.8 Å². The summed E-state index contributed by atoms with van der Waals surface area (Å²) in [5.41, 5.74) is 10.3. The predicted molar refractivity (Wildman–Crippen MR) is 210 cm³/mol. The van der Waals surface area contributed by atoms with Gasteiger partial charge >= 0.3 is 0 Å². The summed E-state index contributed by atoms with van der Waals surface area (Å²) in [5.74, 6) is 0. The van der Waals surface area contributed by atoms with Gasteiger partial charge in [0, 0.05) is 16.0 Å². The molecule has 52 heavy (non-hydrogen) atoms. The van der Waals surface area contributed by atoms with E-state index in [-0.39, 0.29) is 0 Å². The maximum Gasteiger partial charge on any atom is 0.0832 e. The molecule has 8 rings (SSSR count). The van der Waals surface area contributed by atoms with Crippen molar-refractivity contribution in [3.8, 4) is 45.0 Å². The summed E-state index contributed by atoms with van der Waals surface area (Å²) < 4.78 is 3.76. The van der Waals surface area contributed by atoms with E-state index in [0.717, 1.165) is 95.2 Å². The van der Waals surface area contributed by atoms with Crippen LogP contribution in [0.3, 0.4) is 0 Å². The van der Waals surface area contributed by atoms with Crippen molar-refractivity contribution in [2.75, 3.05) is 45.5 Å². The van der Waals surface area contributed by atoms with Gasteiger partial charge in [-0.3, -0.25) is 0 Å². The number of aromatic nitrogens is 7. The van der Waals surface area contributed by atoms with E-state index in [9.17, 15) is 0 Å². The Morgan fingerprint density at radius 2 is 0.981 bits per heavy atom. The number of hydrogen-bond acceptors (Lipinski definition) is 8. The summed E-state index contributed by atoms with van der Waals surface area (Å²) >= 11 is 1.75. The van der Waals surface area contributed by atoms with Crippen LogP contribution in [-0.4, -0.2) is 90.3 Å². The lowest BCUT2D eigenvalue weighted by molar-refractivity contribution is 0.333. The highest BCUT2D eigenvalue weighted by Crippen LogP contribution is 2.32. The molecule has 0 spiro atoms. The topological polar surface area (TPSA) is 80.8 Å². The monoisotopic (exact) mass is 709 g/mol. The number of hydrogen-bond donors (Lipinski definition) is 0. The van der Waals surface area contributed by atoms with Crippen LogP contribution in [0, 0.1) is 0 Å². The maximum atomic E-state index is 5.20. The van der Waals surface area contributed by atoms with Gasteiger partial charge in [-0.25, -0.2) is 14.3 Å². The molecule has 9 nitrogen and oxygen atoms in total. The number of pyridine rings is 1. The van der Waals surface area contributed by atoms with Crippen LogP contribution in [0.1, 0.15) is 49.9 Å². The lowest BCUT2D eigenvalue weighted by atomic mass is 10.00. The maximum absolute atomic E-state index is 5.20. The van der Waals surface area contributed by atoms with Gasteiger partial charge in [0.25, 0.3) is 0 Å². The van der Waals surface area contributed by atoms with E-state index in [2.05, 4.69) is 134 Å². The molecule has 0 aliphatic carbocycles. The Morgan fingerprint density at radius 3 is 1.42 bits per heavy atom. The summed E-state index contributed by atoms with van der Waals surface area (Å²) in [6, 6.07) is 30.1. The quantitative estimate of drug-likeness (QED) is 0.105. The lowest BCUT2D eigenvalue weighted by Crippen LogP contribution is -2.20. The fraction of sp³-hybridized carbons (Fsp3) is 0.357. The summed E-state index contributed by atoms with van der Waals surface area (Å²) in [4.78, 5) is 11.5. The third kappa shape index (κ3) is 8.36. The van der Waals surface area contributed by atoms with Crippen molar-refractivity contribution in [3.63, 3.8) is 0 Å². The fourth-order valence-electron chi connectivity index (χ4n) is 7.40. The standard InChI is InChI=1S/C42H47N9S/c1-52-40-20-14-32(15-21-40)35-28-41(33-10-16-38(17-11-33)50-30-36(44-46-50)8-6-26-48-22-2-3-23-48)43-42(29-35)34-12-18-39(19-13-34)51-31-37(45-47-51)9-7-27-49-24-4-5-25-49/h10-21,28-31H,2-9,22-27H2,1H3. The van der Waals surface area contributed by atoms with Crippen molar-refractivity contribution >= 4 is 11.8 Å². The second kappa shape index (κ2) is 16.4. The Labute approximate surface area is 311 Å². The average molecular weight is 710 g/mol. The molecule has 3 aromatic heterocycles. The highest BCUT2D eigenvalue weighted by atomic mass is 32.2. The van der Waals surface area contributed by atoms with Gasteiger partial charge in [0.2, 0.25) is 0 Å². The molecule has 0 unspecified atom stereocenters. The van der Waals surface area contributed by atoms with E-state index >= 15 is 0 Å². The molecule has 0 saturated carbocycles. The smallest absolute Gasteiger partial charge is 0.0832 e. The van der Waals surface area contributed by atoms with Crippen molar-refractivity contribution in [2.45, 2.75) is 56.3 Å². The Bertz CT molecular complexity index is 1920. The molecular weight excluding hydrogens is 663 g/mol. The average Bonchev–Trinajstić information content (AvgIpc) is 4.05. The molecule has 0 atom stereocenters. The van der Waals surface area contributed by atoms with Crippen molar-refractivity contribution < 1.29 is 0 Å². The summed E-state index contributed by atoms with van der Waals surface area (Å²) in [5, 5.41) is 17.8.